The molecule has 0 fully saturated rings. The van der Waals surface area contributed by atoms with Gasteiger partial charge in [0.25, 0.3) is 0 Å². The molecule has 1 atom stereocenters. The third-order valence-electron chi connectivity index (χ3n) is 3.12. The summed E-state index contributed by atoms with van der Waals surface area (Å²) in [5.74, 6) is 0.665. The molecule has 0 spiro atoms. The number of nitrogens with one attached hydrogen (secondary N) is 1. The fourth-order valence-corrected chi connectivity index (χ4v) is 2.11. The van der Waals surface area contributed by atoms with Crippen LogP contribution in [-0.4, -0.2) is 12.6 Å². The molecule has 1 aromatic rings. The highest BCUT2D eigenvalue weighted by atomic mass is 14.9. The van der Waals surface area contributed by atoms with Crippen LogP contribution in [0.3, 0.4) is 0 Å². The molecule has 1 rings (SSSR count). The van der Waals surface area contributed by atoms with E-state index in [9.17, 15) is 0 Å². The van der Waals surface area contributed by atoms with Crippen molar-refractivity contribution in [3.63, 3.8) is 0 Å². The molecule has 0 amide bonds. The van der Waals surface area contributed by atoms with Gasteiger partial charge in [-0.15, -0.1) is 0 Å². The molecule has 0 aliphatic rings. The monoisotopic (exact) mass is 248 g/mol. The maximum Gasteiger partial charge on any atom is 0.0340 e. The summed E-state index contributed by atoms with van der Waals surface area (Å²) in [6.07, 6.45) is 4.78. The molecule has 0 aromatic heterocycles. The first-order valence-electron chi connectivity index (χ1n) is 7.20. The van der Waals surface area contributed by atoms with Gasteiger partial charge in [0.15, 0.2) is 0 Å². The minimum absolute atomic E-state index is 0.241. The van der Waals surface area contributed by atoms with Gasteiger partial charge in [0.1, 0.15) is 0 Å². The first-order valence-corrected chi connectivity index (χ1v) is 7.20. The lowest BCUT2D eigenvalue weighted by molar-refractivity contribution is 0.508. The lowest BCUT2D eigenvalue weighted by Gasteiger charge is -2.15. The molecule has 18 heavy (non-hydrogen) atoms. The topological polar surface area (TPSA) is 38.0 Å². The van der Waals surface area contributed by atoms with Gasteiger partial charge in [-0.1, -0.05) is 39.3 Å². The molecule has 0 heterocycles. The molecule has 0 aliphatic heterocycles. The van der Waals surface area contributed by atoms with Gasteiger partial charge in [0.2, 0.25) is 0 Å². The number of benzene rings is 1. The summed E-state index contributed by atoms with van der Waals surface area (Å²) in [7, 11) is 0. The zero-order valence-electron chi connectivity index (χ0n) is 12.1. The Morgan fingerprint density at radius 1 is 1.17 bits per heavy atom. The van der Waals surface area contributed by atoms with E-state index in [1.807, 2.05) is 0 Å². The molecule has 1 aromatic carbocycles. The molecule has 3 N–H and O–H groups in total. The Kier molecular flexibility index (Phi) is 6.81. The summed E-state index contributed by atoms with van der Waals surface area (Å²) in [4.78, 5) is 0. The molecule has 0 saturated carbocycles. The maximum absolute atomic E-state index is 6.06. The average Bonchev–Trinajstić information content (AvgIpc) is 2.34. The summed E-state index contributed by atoms with van der Waals surface area (Å²) in [5, 5.41) is 3.41. The van der Waals surface area contributed by atoms with E-state index in [0.717, 1.165) is 13.0 Å². The van der Waals surface area contributed by atoms with Crippen LogP contribution in [0.2, 0.25) is 0 Å². The van der Waals surface area contributed by atoms with Gasteiger partial charge >= 0.3 is 0 Å². The number of rotatable bonds is 8. The molecule has 0 saturated heterocycles. The molecule has 102 valence electrons. The third kappa shape index (κ3) is 6.06. The van der Waals surface area contributed by atoms with E-state index in [2.05, 4.69) is 50.4 Å². The lowest BCUT2D eigenvalue weighted by Crippen LogP contribution is -2.30. The minimum Gasteiger partial charge on any atom is -0.383 e. The van der Waals surface area contributed by atoms with E-state index < -0.39 is 0 Å². The van der Waals surface area contributed by atoms with Gasteiger partial charge in [0.05, 0.1) is 0 Å². The Hall–Kier alpha value is -1.02. The third-order valence-corrected chi connectivity index (χ3v) is 3.12. The fourth-order valence-electron chi connectivity index (χ4n) is 2.11. The summed E-state index contributed by atoms with van der Waals surface area (Å²) in [5.41, 5.74) is 8.66. The van der Waals surface area contributed by atoms with Crippen LogP contribution in [0.15, 0.2) is 24.3 Å². The van der Waals surface area contributed by atoms with Crippen LogP contribution in [0.25, 0.3) is 0 Å². The van der Waals surface area contributed by atoms with Crippen molar-refractivity contribution in [1.29, 1.82) is 0 Å². The lowest BCUT2D eigenvalue weighted by atomic mass is 10.0. The van der Waals surface area contributed by atoms with Gasteiger partial charge in [-0.05, 0) is 42.9 Å². The van der Waals surface area contributed by atoms with E-state index in [-0.39, 0.29) is 6.04 Å². The Morgan fingerprint density at radius 2 is 1.83 bits per heavy atom. The molecule has 0 aliphatic carbocycles. The van der Waals surface area contributed by atoms with Gasteiger partial charge in [-0.3, -0.25) is 0 Å². The number of unbranched alkanes of at least 4 members (excludes halogenated alkanes) is 1. The molecule has 2 heteroatoms. The summed E-state index contributed by atoms with van der Waals surface area (Å²) in [6.45, 7) is 7.50. The molecule has 1 unspecified atom stereocenters. The van der Waals surface area contributed by atoms with Crippen molar-refractivity contribution in [3.05, 3.63) is 29.8 Å². The van der Waals surface area contributed by atoms with Gasteiger partial charge < -0.3 is 11.1 Å². The van der Waals surface area contributed by atoms with Gasteiger partial charge in [-0.25, -0.2) is 0 Å². The number of hydrogen-bond acceptors (Lipinski definition) is 2. The standard InChI is InChI=1S/C16H28N2/c1-4-5-6-14-7-9-16(10-8-14)18-12-15(17)11-13(2)3/h7-10,13,15,18H,4-6,11-12,17H2,1-3H3. The Bertz CT molecular complexity index is 316. The first-order chi connectivity index (χ1) is 8.61. The normalized spacial score (nSPS) is 12.7. The highest BCUT2D eigenvalue weighted by Crippen LogP contribution is 2.12. The summed E-state index contributed by atoms with van der Waals surface area (Å²) in [6, 6.07) is 8.99. The predicted octanol–water partition coefficient (Wildman–Crippen LogP) is 3.81. The molecule has 0 radical (unpaired) electrons. The van der Waals surface area contributed by atoms with E-state index in [0.29, 0.717) is 5.92 Å². The van der Waals surface area contributed by atoms with Gasteiger partial charge in [0, 0.05) is 18.3 Å². The maximum atomic E-state index is 6.06. The van der Waals surface area contributed by atoms with Crippen molar-refractivity contribution in [3.8, 4) is 0 Å². The second-order valence-corrected chi connectivity index (χ2v) is 5.57. The Balaban J connectivity index is 2.34. The highest BCUT2D eigenvalue weighted by molar-refractivity contribution is 5.44. The number of anilines is 1. The van der Waals surface area contributed by atoms with E-state index in [1.54, 1.807) is 0 Å². The largest absolute Gasteiger partial charge is 0.383 e. The smallest absolute Gasteiger partial charge is 0.0340 e. The van der Waals surface area contributed by atoms with Crippen LogP contribution in [-0.2, 0) is 6.42 Å². The molecular weight excluding hydrogens is 220 g/mol. The van der Waals surface area contributed by atoms with Crippen LogP contribution in [0.5, 0.6) is 0 Å². The zero-order valence-corrected chi connectivity index (χ0v) is 12.1. The van der Waals surface area contributed by atoms with E-state index in [1.165, 1.54) is 30.5 Å². The molecule has 0 bridgehead atoms. The molecule has 2 nitrogen and oxygen atoms in total. The zero-order chi connectivity index (χ0) is 13.4. The highest BCUT2D eigenvalue weighted by Gasteiger charge is 2.04. The van der Waals surface area contributed by atoms with Crippen LogP contribution in [0.4, 0.5) is 5.69 Å². The SMILES string of the molecule is CCCCc1ccc(NCC(N)CC(C)C)cc1. The van der Waals surface area contributed by atoms with Crippen molar-refractivity contribution >= 4 is 5.69 Å². The van der Waals surface area contributed by atoms with Crippen molar-refractivity contribution in [2.45, 2.75) is 52.5 Å². The summed E-state index contributed by atoms with van der Waals surface area (Å²) >= 11 is 0. The minimum atomic E-state index is 0.241. The Morgan fingerprint density at radius 3 is 2.39 bits per heavy atom. The fraction of sp³-hybridized carbons (Fsp3) is 0.625. The quantitative estimate of drug-likeness (QED) is 0.734. The van der Waals surface area contributed by atoms with Crippen molar-refractivity contribution in [1.82, 2.24) is 0 Å². The van der Waals surface area contributed by atoms with E-state index in [4.69, 9.17) is 5.73 Å². The predicted molar refractivity (Wildman–Crippen MR) is 81.0 cm³/mol. The second kappa shape index (κ2) is 8.15. The van der Waals surface area contributed by atoms with Gasteiger partial charge in [-0.2, -0.15) is 0 Å². The Labute approximate surface area is 112 Å². The van der Waals surface area contributed by atoms with Crippen LogP contribution in [0.1, 0.15) is 45.6 Å². The number of nitrogens with two attached hydrogens (primary N) is 1. The number of aryl methyl sites for hydroxylation is 1. The second-order valence-electron chi connectivity index (χ2n) is 5.57. The van der Waals surface area contributed by atoms with Crippen LogP contribution >= 0.6 is 0 Å². The first kappa shape index (κ1) is 15.0. The molecular formula is C16H28N2. The number of hydrogen-bond donors (Lipinski definition) is 2. The van der Waals surface area contributed by atoms with Crippen molar-refractivity contribution < 1.29 is 0 Å². The van der Waals surface area contributed by atoms with Crippen molar-refractivity contribution in [2.24, 2.45) is 11.7 Å². The average molecular weight is 248 g/mol. The van der Waals surface area contributed by atoms with E-state index >= 15 is 0 Å². The van der Waals surface area contributed by atoms with Crippen LogP contribution < -0.4 is 11.1 Å². The van der Waals surface area contributed by atoms with Crippen molar-refractivity contribution in [2.75, 3.05) is 11.9 Å². The van der Waals surface area contributed by atoms with Crippen LogP contribution in [0, 0.1) is 5.92 Å². The summed E-state index contributed by atoms with van der Waals surface area (Å²) < 4.78 is 0.